The van der Waals surface area contributed by atoms with E-state index in [2.05, 4.69) is 26.8 Å². The zero-order chi connectivity index (χ0) is 16.8. The van der Waals surface area contributed by atoms with Crippen LogP contribution in [0.15, 0.2) is 53.0 Å². The molecular weight excluding hydrogens is 367 g/mol. The SMILES string of the molecule is C[C@@H](Oc1ccc(F)cc1Br)C(=O)NNC(=O)c1ccccc1. The first-order valence-corrected chi connectivity index (χ1v) is 7.53. The van der Waals surface area contributed by atoms with Crippen molar-refractivity contribution >= 4 is 27.7 Å². The first kappa shape index (κ1) is 17.0. The molecule has 7 heteroatoms. The van der Waals surface area contributed by atoms with Crippen molar-refractivity contribution in [2.45, 2.75) is 13.0 Å². The number of hydrogen-bond donors (Lipinski definition) is 2. The van der Waals surface area contributed by atoms with Crippen molar-refractivity contribution in [2.75, 3.05) is 0 Å². The van der Waals surface area contributed by atoms with Crippen molar-refractivity contribution in [2.24, 2.45) is 0 Å². The van der Waals surface area contributed by atoms with Crippen LogP contribution in [-0.4, -0.2) is 17.9 Å². The summed E-state index contributed by atoms with van der Waals surface area (Å²) in [6.45, 7) is 1.51. The van der Waals surface area contributed by atoms with Gasteiger partial charge in [-0.3, -0.25) is 20.4 Å². The van der Waals surface area contributed by atoms with E-state index < -0.39 is 23.7 Å². The van der Waals surface area contributed by atoms with Crippen LogP contribution in [0.1, 0.15) is 17.3 Å². The highest BCUT2D eigenvalue weighted by Gasteiger charge is 2.17. The number of ether oxygens (including phenoxy) is 1. The van der Waals surface area contributed by atoms with Gasteiger partial charge in [0.15, 0.2) is 6.10 Å². The Hall–Kier alpha value is -2.41. The minimum atomic E-state index is -0.882. The lowest BCUT2D eigenvalue weighted by Gasteiger charge is -2.16. The van der Waals surface area contributed by atoms with Gasteiger partial charge < -0.3 is 4.74 Å². The highest BCUT2D eigenvalue weighted by Crippen LogP contribution is 2.26. The Morgan fingerprint density at radius 1 is 1.13 bits per heavy atom. The lowest BCUT2D eigenvalue weighted by Crippen LogP contribution is -2.47. The molecule has 0 aliphatic carbocycles. The van der Waals surface area contributed by atoms with Crippen molar-refractivity contribution in [3.05, 3.63) is 64.4 Å². The normalized spacial score (nSPS) is 11.4. The molecule has 2 amide bonds. The van der Waals surface area contributed by atoms with Crippen LogP contribution in [0.25, 0.3) is 0 Å². The number of nitrogens with one attached hydrogen (secondary N) is 2. The maximum Gasteiger partial charge on any atom is 0.279 e. The van der Waals surface area contributed by atoms with E-state index in [4.69, 9.17) is 4.74 Å². The Morgan fingerprint density at radius 2 is 1.83 bits per heavy atom. The number of amides is 2. The van der Waals surface area contributed by atoms with E-state index in [-0.39, 0.29) is 0 Å². The quantitative estimate of drug-likeness (QED) is 0.801. The Balaban J connectivity index is 1.89. The zero-order valence-electron chi connectivity index (χ0n) is 12.2. The number of hydrazine groups is 1. The number of benzene rings is 2. The molecule has 120 valence electrons. The van der Waals surface area contributed by atoms with E-state index in [0.29, 0.717) is 15.8 Å². The van der Waals surface area contributed by atoms with E-state index >= 15 is 0 Å². The molecule has 5 nitrogen and oxygen atoms in total. The zero-order valence-corrected chi connectivity index (χ0v) is 13.8. The molecule has 0 radical (unpaired) electrons. The van der Waals surface area contributed by atoms with E-state index in [1.165, 1.54) is 25.1 Å². The fourth-order valence-corrected chi connectivity index (χ4v) is 2.14. The Labute approximate surface area is 140 Å². The topological polar surface area (TPSA) is 67.4 Å². The van der Waals surface area contributed by atoms with Gasteiger partial charge in [0.05, 0.1) is 4.47 Å². The van der Waals surface area contributed by atoms with Gasteiger partial charge >= 0.3 is 0 Å². The van der Waals surface area contributed by atoms with Crippen LogP contribution < -0.4 is 15.6 Å². The smallest absolute Gasteiger partial charge is 0.279 e. The molecule has 23 heavy (non-hydrogen) atoms. The summed E-state index contributed by atoms with van der Waals surface area (Å²) < 4.78 is 18.8. The summed E-state index contributed by atoms with van der Waals surface area (Å²) in [5.41, 5.74) is 5.00. The van der Waals surface area contributed by atoms with Crippen molar-refractivity contribution < 1.29 is 18.7 Å². The van der Waals surface area contributed by atoms with Crippen LogP contribution >= 0.6 is 15.9 Å². The predicted molar refractivity (Wildman–Crippen MR) is 86.2 cm³/mol. The van der Waals surface area contributed by atoms with E-state index in [1.807, 2.05) is 0 Å². The Bertz CT molecular complexity index is 710. The number of halogens is 2. The van der Waals surface area contributed by atoms with Crippen LogP contribution in [0.5, 0.6) is 5.75 Å². The molecule has 2 N–H and O–H groups in total. The molecule has 0 heterocycles. The molecule has 2 aromatic carbocycles. The highest BCUT2D eigenvalue weighted by molar-refractivity contribution is 9.10. The summed E-state index contributed by atoms with van der Waals surface area (Å²) in [5, 5.41) is 0. The van der Waals surface area contributed by atoms with Gasteiger partial charge in [0.2, 0.25) is 0 Å². The van der Waals surface area contributed by atoms with Crippen LogP contribution in [0.3, 0.4) is 0 Å². The molecule has 2 aromatic rings. The summed E-state index contributed by atoms with van der Waals surface area (Å²) in [6.07, 6.45) is -0.882. The van der Waals surface area contributed by atoms with E-state index in [9.17, 15) is 14.0 Å². The number of hydrogen-bond acceptors (Lipinski definition) is 3. The largest absolute Gasteiger partial charge is 0.480 e. The molecule has 0 saturated heterocycles. The van der Waals surface area contributed by atoms with E-state index in [1.54, 1.807) is 30.3 Å². The van der Waals surface area contributed by atoms with Crippen molar-refractivity contribution in [3.8, 4) is 5.75 Å². The highest BCUT2D eigenvalue weighted by atomic mass is 79.9. The summed E-state index contributed by atoms with van der Waals surface area (Å²) in [7, 11) is 0. The maximum absolute atomic E-state index is 13.0. The van der Waals surface area contributed by atoms with Crippen molar-refractivity contribution in [1.82, 2.24) is 10.9 Å². The molecule has 0 unspecified atom stereocenters. The predicted octanol–water partition coefficient (Wildman–Crippen LogP) is 2.82. The van der Waals surface area contributed by atoms with Crippen LogP contribution in [0.4, 0.5) is 4.39 Å². The standard InChI is InChI=1S/C16H14BrFN2O3/c1-10(23-14-8-7-12(18)9-13(14)17)15(21)19-20-16(22)11-5-3-2-4-6-11/h2-10H,1H3,(H,19,21)(H,20,22)/t10-/m1/s1. The van der Waals surface area contributed by atoms with Gasteiger partial charge in [-0.1, -0.05) is 18.2 Å². The molecule has 0 fully saturated rings. The molecule has 0 saturated carbocycles. The third-order valence-electron chi connectivity index (χ3n) is 2.90. The van der Waals surface area contributed by atoms with Gasteiger partial charge in [-0.2, -0.15) is 0 Å². The number of carbonyl (C=O) groups excluding carboxylic acids is 2. The van der Waals surface area contributed by atoms with E-state index in [0.717, 1.165) is 0 Å². The van der Waals surface area contributed by atoms with Gasteiger partial charge in [0.25, 0.3) is 11.8 Å². The number of rotatable bonds is 4. The lowest BCUT2D eigenvalue weighted by molar-refractivity contribution is -0.128. The summed E-state index contributed by atoms with van der Waals surface area (Å²) >= 11 is 3.15. The first-order valence-electron chi connectivity index (χ1n) is 6.74. The molecule has 0 aliphatic rings. The van der Waals surface area contributed by atoms with Crippen molar-refractivity contribution in [1.29, 1.82) is 0 Å². The number of carbonyl (C=O) groups is 2. The van der Waals surface area contributed by atoms with Gasteiger partial charge in [0, 0.05) is 5.56 Å². The molecule has 1 atom stereocenters. The lowest BCUT2D eigenvalue weighted by atomic mass is 10.2. The van der Waals surface area contributed by atoms with Crippen molar-refractivity contribution in [3.63, 3.8) is 0 Å². The minimum absolute atomic E-state index is 0.323. The Kier molecular flexibility index (Phi) is 5.70. The molecule has 0 aliphatic heterocycles. The van der Waals surface area contributed by atoms with Crippen LogP contribution in [0.2, 0.25) is 0 Å². The van der Waals surface area contributed by atoms with Gasteiger partial charge in [-0.05, 0) is 53.2 Å². The Morgan fingerprint density at radius 3 is 2.48 bits per heavy atom. The van der Waals surface area contributed by atoms with Crippen LogP contribution in [0, 0.1) is 5.82 Å². The average Bonchev–Trinajstić information content (AvgIpc) is 2.55. The summed E-state index contributed by atoms with van der Waals surface area (Å²) in [5.74, 6) is -1.07. The third-order valence-corrected chi connectivity index (χ3v) is 3.52. The second-order valence-electron chi connectivity index (χ2n) is 4.64. The van der Waals surface area contributed by atoms with Gasteiger partial charge in [-0.25, -0.2) is 4.39 Å². The summed E-state index contributed by atoms with van der Waals surface area (Å²) in [4.78, 5) is 23.7. The molecule has 2 rings (SSSR count). The fourth-order valence-electron chi connectivity index (χ4n) is 1.70. The summed E-state index contributed by atoms with van der Waals surface area (Å²) in [6, 6.07) is 12.3. The van der Waals surface area contributed by atoms with Gasteiger partial charge in [0.1, 0.15) is 11.6 Å². The molecule has 0 aromatic heterocycles. The maximum atomic E-state index is 13.0. The second-order valence-corrected chi connectivity index (χ2v) is 5.50. The average molecular weight is 381 g/mol. The minimum Gasteiger partial charge on any atom is -0.480 e. The third kappa shape index (κ3) is 4.79. The monoisotopic (exact) mass is 380 g/mol. The fraction of sp³-hybridized carbons (Fsp3) is 0.125. The van der Waals surface area contributed by atoms with Crippen LogP contribution in [-0.2, 0) is 4.79 Å². The second kappa shape index (κ2) is 7.73. The molecule has 0 bridgehead atoms. The van der Waals surface area contributed by atoms with Gasteiger partial charge in [-0.15, -0.1) is 0 Å². The first-order chi connectivity index (χ1) is 11.0. The molecular formula is C16H14BrFN2O3. The molecule has 0 spiro atoms.